The molecule has 1 fully saturated rings. The van der Waals surface area contributed by atoms with Gasteiger partial charge in [-0.25, -0.2) is 20.3 Å². The molecule has 0 aliphatic carbocycles. The van der Waals surface area contributed by atoms with Crippen molar-refractivity contribution in [3.8, 4) is 0 Å². The van der Waals surface area contributed by atoms with E-state index in [0.29, 0.717) is 22.2 Å². The van der Waals surface area contributed by atoms with Gasteiger partial charge in [0.2, 0.25) is 0 Å². The molecule has 8 heteroatoms. The number of amides is 1. The van der Waals surface area contributed by atoms with Crippen molar-refractivity contribution in [3.05, 3.63) is 63.9 Å². The van der Waals surface area contributed by atoms with E-state index in [0.717, 1.165) is 30.0 Å². The highest BCUT2D eigenvalue weighted by Gasteiger charge is 2.38. The van der Waals surface area contributed by atoms with Crippen LogP contribution in [0.25, 0.3) is 0 Å². The van der Waals surface area contributed by atoms with E-state index in [1.54, 1.807) is 24.3 Å². The van der Waals surface area contributed by atoms with Crippen LogP contribution >= 0.6 is 23.2 Å². The van der Waals surface area contributed by atoms with Crippen molar-refractivity contribution in [1.29, 1.82) is 0 Å². The van der Waals surface area contributed by atoms with Crippen molar-refractivity contribution in [3.63, 3.8) is 0 Å². The molecule has 170 valence electrons. The molecule has 3 atom stereocenters. The van der Waals surface area contributed by atoms with Gasteiger partial charge in [-0.2, -0.15) is 0 Å². The molecule has 31 heavy (non-hydrogen) atoms. The molecule has 5 nitrogen and oxygen atoms in total. The van der Waals surface area contributed by atoms with Crippen molar-refractivity contribution in [1.82, 2.24) is 10.9 Å². The van der Waals surface area contributed by atoms with E-state index in [1.807, 2.05) is 32.0 Å². The van der Waals surface area contributed by atoms with Crippen LogP contribution in [0.15, 0.2) is 42.5 Å². The Morgan fingerprint density at radius 3 is 2.52 bits per heavy atom. The molecule has 3 unspecified atom stereocenters. The Balaban J connectivity index is 0.00000166. The maximum atomic E-state index is 13.4. The maximum absolute atomic E-state index is 13.4. The van der Waals surface area contributed by atoms with E-state index in [9.17, 15) is 9.18 Å². The molecule has 1 saturated heterocycles. The Kier molecular flexibility index (Phi) is 10.0. The molecular formula is C23H32Cl2FN4O+. The Morgan fingerprint density at radius 2 is 1.90 bits per heavy atom. The number of quaternary nitrogens is 1. The molecule has 3 N–H and O–H groups in total. The topological polar surface area (TPSA) is 48.8 Å². The normalized spacial score (nSPS) is 18.9. The summed E-state index contributed by atoms with van der Waals surface area (Å²) >= 11 is 12.5. The first kappa shape index (κ1) is 25.4. The molecule has 0 spiro atoms. The summed E-state index contributed by atoms with van der Waals surface area (Å²) in [5.74, 6) is -0.385. The minimum Gasteiger partial charge on any atom is -0.299 e. The first-order valence-corrected chi connectivity index (χ1v) is 11.5. The Morgan fingerprint density at radius 1 is 1.23 bits per heavy atom. The SMILES string of the molecule is CC.CCCC[NH+](C)NC(=O)C1CC(c2ccc(F)cc2)N(c2ccc(Cl)cc2Cl)N1. The lowest BCUT2D eigenvalue weighted by Crippen LogP contribution is -3.16. The van der Waals surface area contributed by atoms with Crippen molar-refractivity contribution in [2.24, 2.45) is 0 Å². The second-order valence-corrected chi connectivity index (χ2v) is 8.17. The van der Waals surface area contributed by atoms with E-state index in [2.05, 4.69) is 17.8 Å². The molecular weight excluding hydrogens is 438 g/mol. The van der Waals surface area contributed by atoms with Crippen LogP contribution in [0.5, 0.6) is 0 Å². The number of hydrogen-bond donors (Lipinski definition) is 3. The molecule has 0 saturated carbocycles. The highest BCUT2D eigenvalue weighted by molar-refractivity contribution is 6.36. The zero-order chi connectivity index (χ0) is 23.0. The summed E-state index contributed by atoms with van der Waals surface area (Å²) in [6, 6.07) is 10.9. The third-order valence-electron chi connectivity index (χ3n) is 5.05. The Bertz CT molecular complexity index is 850. The molecule has 0 radical (unpaired) electrons. The first-order chi connectivity index (χ1) is 14.9. The van der Waals surface area contributed by atoms with Crippen molar-refractivity contribution < 1.29 is 14.2 Å². The van der Waals surface area contributed by atoms with Gasteiger partial charge < -0.3 is 0 Å². The fraction of sp³-hybridized carbons (Fsp3) is 0.435. The molecule has 1 aliphatic heterocycles. The van der Waals surface area contributed by atoms with Gasteiger partial charge in [-0.15, -0.1) is 0 Å². The lowest BCUT2D eigenvalue weighted by atomic mass is 10.0. The van der Waals surface area contributed by atoms with Gasteiger partial charge in [0.05, 0.1) is 30.3 Å². The lowest BCUT2D eigenvalue weighted by Gasteiger charge is -2.27. The number of hydrazine groups is 1. The number of anilines is 1. The summed E-state index contributed by atoms with van der Waals surface area (Å²) in [6.07, 6.45) is 2.64. The quantitative estimate of drug-likeness (QED) is 0.528. The summed E-state index contributed by atoms with van der Waals surface area (Å²) < 4.78 is 13.4. The molecule has 3 rings (SSSR count). The van der Waals surface area contributed by atoms with Crippen molar-refractivity contribution in [2.75, 3.05) is 18.6 Å². The lowest BCUT2D eigenvalue weighted by molar-refractivity contribution is -0.916. The summed E-state index contributed by atoms with van der Waals surface area (Å²) in [5.41, 5.74) is 7.90. The van der Waals surface area contributed by atoms with Crippen LogP contribution in [0.1, 0.15) is 51.6 Å². The van der Waals surface area contributed by atoms with Gasteiger partial charge in [0.25, 0.3) is 5.91 Å². The average molecular weight is 470 g/mol. The summed E-state index contributed by atoms with van der Waals surface area (Å²) in [4.78, 5) is 12.8. The van der Waals surface area contributed by atoms with Gasteiger partial charge in [0.1, 0.15) is 11.9 Å². The van der Waals surface area contributed by atoms with E-state index in [4.69, 9.17) is 23.2 Å². The molecule has 0 aromatic heterocycles. The number of nitrogens with zero attached hydrogens (tertiary/aromatic N) is 1. The summed E-state index contributed by atoms with van der Waals surface area (Å²) in [5, 5.41) is 3.84. The predicted molar refractivity (Wildman–Crippen MR) is 126 cm³/mol. The van der Waals surface area contributed by atoms with Crippen molar-refractivity contribution >= 4 is 34.8 Å². The van der Waals surface area contributed by atoms with Crippen LogP contribution < -0.4 is 20.9 Å². The van der Waals surface area contributed by atoms with E-state index in [1.165, 1.54) is 12.1 Å². The Labute approximate surface area is 194 Å². The minimum absolute atomic E-state index is 0.0849. The van der Waals surface area contributed by atoms with E-state index in [-0.39, 0.29) is 17.8 Å². The number of benzene rings is 2. The average Bonchev–Trinajstić information content (AvgIpc) is 3.19. The maximum Gasteiger partial charge on any atom is 0.283 e. The number of carbonyl (C=O) groups is 1. The van der Waals surface area contributed by atoms with Crippen LogP contribution in [0.3, 0.4) is 0 Å². The second-order valence-electron chi connectivity index (χ2n) is 7.32. The van der Waals surface area contributed by atoms with Gasteiger partial charge in [0, 0.05) is 5.02 Å². The second kappa shape index (κ2) is 12.2. The van der Waals surface area contributed by atoms with Gasteiger partial charge in [0.15, 0.2) is 0 Å². The van der Waals surface area contributed by atoms with Gasteiger partial charge >= 0.3 is 0 Å². The fourth-order valence-corrected chi connectivity index (χ4v) is 3.99. The molecule has 1 amide bonds. The van der Waals surface area contributed by atoms with Crippen LogP contribution in [0.2, 0.25) is 10.0 Å². The summed E-state index contributed by atoms with van der Waals surface area (Å²) in [6.45, 7) is 6.98. The van der Waals surface area contributed by atoms with E-state index >= 15 is 0 Å². The number of hydrogen-bond acceptors (Lipinski definition) is 3. The summed E-state index contributed by atoms with van der Waals surface area (Å²) in [7, 11) is 1.94. The van der Waals surface area contributed by atoms with Gasteiger partial charge in [-0.1, -0.05) is 62.5 Å². The van der Waals surface area contributed by atoms with Crippen LogP contribution in [-0.4, -0.2) is 25.5 Å². The number of nitrogens with one attached hydrogen (secondary N) is 3. The third kappa shape index (κ3) is 6.81. The predicted octanol–water partition coefficient (Wildman–Crippen LogP) is 4.33. The molecule has 2 aromatic rings. The highest BCUT2D eigenvalue weighted by atomic mass is 35.5. The minimum atomic E-state index is -0.437. The molecule has 0 bridgehead atoms. The third-order valence-corrected chi connectivity index (χ3v) is 5.59. The smallest absolute Gasteiger partial charge is 0.283 e. The van der Waals surface area contributed by atoms with Gasteiger partial charge in [-0.05, 0) is 48.7 Å². The fourth-order valence-electron chi connectivity index (χ4n) is 3.49. The molecule has 2 aromatic carbocycles. The number of carbonyl (C=O) groups excluding carboxylic acids is 1. The Hall–Kier alpha value is -1.86. The first-order valence-electron chi connectivity index (χ1n) is 10.8. The standard InChI is InChI=1S/C21H25Cl2FN4O.C2H6/c1-3-4-11-27(2)26-21(29)18-13-20(14-5-8-16(24)9-6-14)28(25-18)19-10-7-15(22)12-17(19)23;1-2/h5-10,12,18,20,25H,3-4,11,13H2,1-2H3,(H,26,29);1-2H3/p+1. The van der Waals surface area contributed by atoms with Crippen LogP contribution in [-0.2, 0) is 4.79 Å². The monoisotopic (exact) mass is 469 g/mol. The zero-order valence-corrected chi connectivity index (χ0v) is 20.0. The highest BCUT2D eigenvalue weighted by Crippen LogP contribution is 2.38. The van der Waals surface area contributed by atoms with Crippen LogP contribution in [0.4, 0.5) is 10.1 Å². The number of unbranched alkanes of at least 4 members (excludes halogenated alkanes) is 1. The number of halogens is 3. The van der Waals surface area contributed by atoms with E-state index < -0.39 is 6.04 Å². The molecule has 1 heterocycles. The van der Waals surface area contributed by atoms with Gasteiger partial charge in [-0.3, -0.25) is 9.80 Å². The van der Waals surface area contributed by atoms with Crippen LogP contribution in [0, 0.1) is 5.82 Å². The van der Waals surface area contributed by atoms with Crippen molar-refractivity contribution in [2.45, 2.75) is 52.1 Å². The zero-order valence-electron chi connectivity index (χ0n) is 18.5. The number of rotatable bonds is 7. The molecule has 1 aliphatic rings. The largest absolute Gasteiger partial charge is 0.299 e.